The largest absolute Gasteiger partial charge is 0.377 e. The molecule has 0 saturated heterocycles. The lowest BCUT2D eigenvalue weighted by Gasteiger charge is -2.12. The molecule has 0 unspecified atom stereocenters. The van der Waals surface area contributed by atoms with E-state index < -0.39 is 0 Å². The number of benzene rings is 1. The molecule has 0 spiro atoms. The Morgan fingerprint density at radius 3 is 2.24 bits per heavy atom. The van der Waals surface area contributed by atoms with Gasteiger partial charge in [0.15, 0.2) is 12.4 Å². The minimum Gasteiger partial charge on any atom is -0.377 e. The van der Waals surface area contributed by atoms with E-state index in [1.807, 2.05) is 55.0 Å². The molecule has 2 aromatic rings. The summed E-state index contributed by atoms with van der Waals surface area (Å²) in [5.74, 6) is -0.0695. The number of anilines is 2. The maximum atomic E-state index is 12.2. The van der Waals surface area contributed by atoms with E-state index in [0.717, 1.165) is 11.4 Å². The fraction of sp³-hybridized carbons (Fsp3) is 0.250. The number of aromatic nitrogens is 1. The standard InChI is InChI=1S/C16H18ClN3O/c1-12(20-10-8-15(9-11-20)19(2)3)16(21)18-14-6-4-13(17)5-7-14/h4-12H,1-3H3/p+1/t12-/m0/s1. The highest BCUT2D eigenvalue weighted by Crippen LogP contribution is 2.14. The van der Waals surface area contributed by atoms with Crippen molar-refractivity contribution in [2.45, 2.75) is 13.0 Å². The van der Waals surface area contributed by atoms with Crippen LogP contribution in [0, 0.1) is 0 Å². The smallest absolute Gasteiger partial charge is 0.293 e. The van der Waals surface area contributed by atoms with Crippen LogP contribution in [0.15, 0.2) is 48.8 Å². The molecule has 0 radical (unpaired) electrons. The van der Waals surface area contributed by atoms with Gasteiger partial charge in [-0.2, -0.15) is 4.57 Å². The number of nitrogens with one attached hydrogen (secondary N) is 1. The monoisotopic (exact) mass is 304 g/mol. The van der Waals surface area contributed by atoms with E-state index in [0.29, 0.717) is 5.02 Å². The second kappa shape index (κ2) is 6.59. The molecule has 0 saturated carbocycles. The fourth-order valence-electron chi connectivity index (χ4n) is 1.90. The van der Waals surface area contributed by atoms with Crippen LogP contribution >= 0.6 is 11.6 Å². The Balaban J connectivity index is 2.06. The van der Waals surface area contributed by atoms with Gasteiger partial charge in [0.25, 0.3) is 5.91 Å². The van der Waals surface area contributed by atoms with Gasteiger partial charge in [0, 0.05) is 49.5 Å². The first-order valence-electron chi connectivity index (χ1n) is 6.72. The number of rotatable bonds is 4. The molecule has 0 fully saturated rings. The minimum absolute atomic E-state index is 0.0695. The summed E-state index contributed by atoms with van der Waals surface area (Å²) in [5, 5.41) is 3.52. The second-order valence-corrected chi connectivity index (χ2v) is 5.51. The quantitative estimate of drug-likeness (QED) is 0.882. The van der Waals surface area contributed by atoms with Crippen LogP contribution in [-0.4, -0.2) is 20.0 Å². The lowest BCUT2D eigenvalue weighted by Crippen LogP contribution is -2.44. The van der Waals surface area contributed by atoms with E-state index >= 15 is 0 Å². The number of carbonyl (C=O) groups excluding carboxylic acids is 1. The Morgan fingerprint density at radius 2 is 1.71 bits per heavy atom. The molecule has 5 heteroatoms. The van der Waals surface area contributed by atoms with Crippen LogP contribution < -0.4 is 14.8 Å². The number of hydrogen-bond acceptors (Lipinski definition) is 2. The Labute approximate surface area is 130 Å². The molecule has 1 heterocycles. The van der Waals surface area contributed by atoms with E-state index in [9.17, 15) is 4.79 Å². The third kappa shape index (κ3) is 3.95. The maximum absolute atomic E-state index is 12.2. The van der Waals surface area contributed by atoms with E-state index in [1.165, 1.54) is 0 Å². The molecule has 0 aliphatic heterocycles. The molecule has 1 aromatic carbocycles. The van der Waals surface area contributed by atoms with Crippen molar-refractivity contribution in [1.29, 1.82) is 0 Å². The molecule has 4 nitrogen and oxygen atoms in total. The number of hydrogen-bond donors (Lipinski definition) is 1. The summed E-state index contributed by atoms with van der Waals surface area (Å²) in [7, 11) is 3.96. The van der Waals surface area contributed by atoms with Crippen molar-refractivity contribution in [3.63, 3.8) is 0 Å². The Bertz CT molecular complexity index is 608. The van der Waals surface area contributed by atoms with E-state index in [2.05, 4.69) is 5.32 Å². The summed E-state index contributed by atoms with van der Waals surface area (Å²) in [6.07, 6.45) is 3.81. The van der Waals surface area contributed by atoms with Crippen LogP contribution in [0.4, 0.5) is 11.4 Å². The average Bonchev–Trinajstić information content (AvgIpc) is 2.49. The molecule has 21 heavy (non-hydrogen) atoms. The molecule has 0 aliphatic carbocycles. The zero-order valence-corrected chi connectivity index (χ0v) is 13.1. The van der Waals surface area contributed by atoms with Gasteiger partial charge in [0.2, 0.25) is 6.04 Å². The molecule has 1 aromatic heterocycles. The van der Waals surface area contributed by atoms with Gasteiger partial charge >= 0.3 is 0 Å². The number of amides is 1. The van der Waals surface area contributed by atoms with Gasteiger partial charge in [-0.1, -0.05) is 11.6 Å². The van der Waals surface area contributed by atoms with Crippen molar-refractivity contribution >= 4 is 28.9 Å². The number of pyridine rings is 1. The van der Waals surface area contributed by atoms with Crippen LogP contribution in [0.3, 0.4) is 0 Å². The van der Waals surface area contributed by atoms with Crippen molar-refractivity contribution in [3.8, 4) is 0 Å². The van der Waals surface area contributed by atoms with Gasteiger partial charge in [-0.05, 0) is 24.3 Å². The number of carbonyl (C=O) groups is 1. The maximum Gasteiger partial charge on any atom is 0.293 e. The number of halogens is 1. The van der Waals surface area contributed by atoms with Crippen LogP contribution in [-0.2, 0) is 4.79 Å². The van der Waals surface area contributed by atoms with Crippen LogP contribution in [0.5, 0.6) is 0 Å². The van der Waals surface area contributed by atoms with Gasteiger partial charge in [-0.3, -0.25) is 4.79 Å². The molecule has 1 atom stereocenters. The van der Waals surface area contributed by atoms with Crippen LogP contribution in [0.2, 0.25) is 5.02 Å². The predicted octanol–water partition coefficient (Wildman–Crippen LogP) is 2.89. The first-order chi connectivity index (χ1) is 9.97. The number of nitrogens with zero attached hydrogens (tertiary/aromatic N) is 2. The predicted molar refractivity (Wildman–Crippen MR) is 85.8 cm³/mol. The molecule has 0 aliphatic rings. The van der Waals surface area contributed by atoms with Gasteiger partial charge in [-0.25, -0.2) is 0 Å². The second-order valence-electron chi connectivity index (χ2n) is 5.07. The van der Waals surface area contributed by atoms with Crippen LogP contribution in [0.1, 0.15) is 13.0 Å². The van der Waals surface area contributed by atoms with E-state index in [-0.39, 0.29) is 11.9 Å². The molecule has 2 rings (SSSR count). The SMILES string of the molecule is C[C@@H](C(=O)Nc1ccc(Cl)cc1)[n+]1ccc(N(C)C)cc1. The third-order valence-electron chi connectivity index (χ3n) is 3.29. The molecule has 1 N–H and O–H groups in total. The molecule has 1 amide bonds. The highest BCUT2D eigenvalue weighted by molar-refractivity contribution is 6.30. The Morgan fingerprint density at radius 1 is 1.14 bits per heavy atom. The fourth-order valence-corrected chi connectivity index (χ4v) is 2.03. The summed E-state index contributed by atoms with van der Waals surface area (Å²) >= 11 is 5.83. The van der Waals surface area contributed by atoms with E-state index in [4.69, 9.17) is 11.6 Å². The first-order valence-corrected chi connectivity index (χ1v) is 7.10. The van der Waals surface area contributed by atoms with Crippen molar-refractivity contribution in [2.75, 3.05) is 24.3 Å². The summed E-state index contributed by atoms with van der Waals surface area (Å²) in [4.78, 5) is 14.3. The molecular formula is C16H19ClN3O+. The van der Waals surface area contributed by atoms with Gasteiger partial charge in [0.05, 0.1) is 0 Å². The van der Waals surface area contributed by atoms with Gasteiger partial charge < -0.3 is 10.2 Å². The van der Waals surface area contributed by atoms with Gasteiger partial charge in [-0.15, -0.1) is 0 Å². The molecule has 0 bridgehead atoms. The van der Waals surface area contributed by atoms with Gasteiger partial charge in [0.1, 0.15) is 0 Å². The minimum atomic E-state index is -0.295. The summed E-state index contributed by atoms with van der Waals surface area (Å²) in [6.45, 7) is 1.86. The van der Waals surface area contributed by atoms with Crippen molar-refractivity contribution < 1.29 is 9.36 Å². The summed E-state index contributed by atoms with van der Waals surface area (Å²) in [6, 6.07) is 10.7. The first kappa shape index (κ1) is 15.3. The zero-order chi connectivity index (χ0) is 15.4. The Hall–Kier alpha value is -2.07. The molecule has 110 valence electrons. The average molecular weight is 305 g/mol. The van der Waals surface area contributed by atoms with Crippen molar-refractivity contribution in [2.24, 2.45) is 0 Å². The summed E-state index contributed by atoms with van der Waals surface area (Å²) < 4.78 is 1.87. The molecular weight excluding hydrogens is 286 g/mol. The summed E-state index contributed by atoms with van der Waals surface area (Å²) in [5.41, 5.74) is 1.83. The van der Waals surface area contributed by atoms with Crippen LogP contribution in [0.25, 0.3) is 0 Å². The highest BCUT2D eigenvalue weighted by Gasteiger charge is 2.21. The lowest BCUT2D eigenvalue weighted by atomic mass is 10.2. The lowest BCUT2D eigenvalue weighted by molar-refractivity contribution is -0.705. The highest BCUT2D eigenvalue weighted by atomic mass is 35.5. The topological polar surface area (TPSA) is 36.2 Å². The third-order valence-corrected chi connectivity index (χ3v) is 3.54. The normalized spacial score (nSPS) is 11.8. The van der Waals surface area contributed by atoms with E-state index in [1.54, 1.807) is 24.3 Å². The zero-order valence-electron chi connectivity index (χ0n) is 12.4. The Kier molecular flexibility index (Phi) is 4.81. The van der Waals surface area contributed by atoms with Crippen molar-refractivity contribution in [1.82, 2.24) is 0 Å². The van der Waals surface area contributed by atoms with Crippen molar-refractivity contribution in [3.05, 3.63) is 53.8 Å².